The van der Waals surface area contributed by atoms with Crippen LogP contribution in [0, 0.1) is 0 Å². The summed E-state index contributed by atoms with van der Waals surface area (Å²) in [5.41, 5.74) is -0.522. The Hall–Kier alpha value is -0.965. The predicted molar refractivity (Wildman–Crippen MR) is 50.5 cm³/mol. The SMILES string of the molecule is F[B-](F)(F)c1ccc2sccc2c1. The molecule has 0 saturated heterocycles. The molecule has 0 spiro atoms. The van der Waals surface area contributed by atoms with Crippen LogP contribution >= 0.6 is 11.3 Å². The number of hydrogen-bond donors (Lipinski definition) is 0. The number of halogens is 3. The molecule has 2 aromatic rings. The van der Waals surface area contributed by atoms with Gasteiger partial charge in [0.15, 0.2) is 0 Å². The van der Waals surface area contributed by atoms with E-state index in [1.807, 2.05) is 0 Å². The average molecular weight is 201 g/mol. The molecule has 1 aromatic carbocycles. The molecule has 0 amide bonds. The first-order valence-electron chi connectivity index (χ1n) is 3.74. The Morgan fingerprint density at radius 2 is 1.85 bits per heavy atom. The molecule has 0 fully saturated rings. The van der Waals surface area contributed by atoms with Crippen molar-refractivity contribution in [2.75, 3.05) is 0 Å². The van der Waals surface area contributed by atoms with Crippen LogP contribution in [-0.2, 0) is 0 Å². The summed E-state index contributed by atoms with van der Waals surface area (Å²) in [6, 6.07) is 5.56. The molecule has 0 bridgehead atoms. The third-order valence-electron chi connectivity index (χ3n) is 1.85. The smallest absolute Gasteiger partial charge is 0.445 e. The van der Waals surface area contributed by atoms with Crippen molar-refractivity contribution in [3.8, 4) is 0 Å². The molecular formula is C8H5BF3S-. The van der Waals surface area contributed by atoms with Gasteiger partial charge in [0, 0.05) is 4.70 Å². The van der Waals surface area contributed by atoms with E-state index < -0.39 is 12.4 Å². The minimum absolute atomic E-state index is 0.522. The Bertz CT molecular complexity index is 432. The molecule has 1 heterocycles. The molecule has 0 aliphatic heterocycles. The first-order valence-corrected chi connectivity index (χ1v) is 4.62. The van der Waals surface area contributed by atoms with Gasteiger partial charge in [0.05, 0.1) is 0 Å². The zero-order valence-electron chi connectivity index (χ0n) is 6.51. The second-order valence-corrected chi connectivity index (χ2v) is 3.74. The van der Waals surface area contributed by atoms with E-state index in [1.54, 1.807) is 11.4 Å². The van der Waals surface area contributed by atoms with Crippen LogP contribution in [0.4, 0.5) is 12.9 Å². The molecule has 0 N–H and O–H groups in total. The summed E-state index contributed by atoms with van der Waals surface area (Å²) in [6.07, 6.45) is 0. The highest BCUT2D eigenvalue weighted by Crippen LogP contribution is 2.20. The highest BCUT2D eigenvalue weighted by Gasteiger charge is 2.25. The Morgan fingerprint density at radius 3 is 2.54 bits per heavy atom. The van der Waals surface area contributed by atoms with Gasteiger partial charge in [0.1, 0.15) is 0 Å². The molecule has 13 heavy (non-hydrogen) atoms. The van der Waals surface area contributed by atoms with Crippen molar-refractivity contribution in [2.45, 2.75) is 0 Å². The summed E-state index contributed by atoms with van der Waals surface area (Å²) < 4.78 is 37.8. The molecular weight excluding hydrogens is 196 g/mol. The highest BCUT2D eigenvalue weighted by atomic mass is 32.1. The molecule has 0 aliphatic rings. The summed E-state index contributed by atoms with van der Waals surface area (Å²) in [5.74, 6) is 0. The summed E-state index contributed by atoms with van der Waals surface area (Å²) in [6.45, 7) is -4.86. The van der Waals surface area contributed by atoms with Gasteiger partial charge >= 0.3 is 6.98 Å². The minimum Gasteiger partial charge on any atom is -0.445 e. The number of fused-ring (bicyclic) bond motifs is 1. The van der Waals surface area contributed by atoms with Crippen molar-refractivity contribution in [3.05, 3.63) is 29.6 Å². The van der Waals surface area contributed by atoms with Crippen molar-refractivity contribution in [1.82, 2.24) is 0 Å². The zero-order valence-corrected chi connectivity index (χ0v) is 7.32. The standard InChI is InChI=1S/C8H5BF3S/c10-9(11,12)7-1-2-8-6(5-7)3-4-13-8/h1-5H/q-1. The maximum atomic E-state index is 12.3. The number of hydrogen-bond acceptors (Lipinski definition) is 1. The largest absolute Gasteiger partial charge is 0.509 e. The van der Waals surface area contributed by atoms with E-state index in [-0.39, 0.29) is 0 Å². The topological polar surface area (TPSA) is 0 Å². The lowest BCUT2D eigenvalue weighted by Gasteiger charge is -2.14. The van der Waals surface area contributed by atoms with E-state index in [4.69, 9.17) is 0 Å². The lowest BCUT2D eigenvalue weighted by Crippen LogP contribution is -2.33. The first kappa shape index (κ1) is 8.63. The summed E-state index contributed by atoms with van der Waals surface area (Å²) in [7, 11) is 0. The van der Waals surface area contributed by atoms with Gasteiger partial charge in [-0.1, -0.05) is 12.1 Å². The average Bonchev–Trinajstić information content (AvgIpc) is 2.47. The van der Waals surface area contributed by atoms with E-state index in [0.717, 1.165) is 10.8 Å². The highest BCUT2D eigenvalue weighted by molar-refractivity contribution is 7.17. The van der Waals surface area contributed by atoms with Crippen LogP contribution in [0.1, 0.15) is 0 Å². The van der Waals surface area contributed by atoms with Gasteiger partial charge in [-0.15, -0.1) is 16.8 Å². The minimum atomic E-state index is -4.86. The van der Waals surface area contributed by atoms with E-state index in [1.165, 1.54) is 23.5 Å². The molecule has 0 atom stereocenters. The van der Waals surface area contributed by atoms with Crippen LogP contribution in [0.5, 0.6) is 0 Å². The lowest BCUT2D eigenvalue weighted by atomic mass is 9.80. The molecule has 0 saturated carbocycles. The van der Waals surface area contributed by atoms with E-state index >= 15 is 0 Å². The van der Waals surface area contributed by atoms with Crippen molar-refractivity contribution >= 4 is 33.9 Å². The van der Waals surface area contributed by atoms with E-state index in [0.29, 0.717) is 5.39 Å². The van der Waals surface area contributed by atoms with Crippen molar-refractivity contribution in [2.24, 2.45) is 0 Å². The van der Waals surface area contributed by atoms with Gasteiger partial charge < -0.3 is 12.9 Å². The van der Waals surface area contributed by atoms with Crippen molar-refractivity contribution in [3.63, 3.8) is 0 Å². The summed E-state index contributed by atoms with van der Waals surface area (Å²) >= 11 is 1.45. The quantitative estimate of drug-likeness (QED) is 0.622. The van der Waals surface area contributed by atoms with Crippen LogP contribution in [0.15, 0.2) is 29.6 Å². The Balaban J connectivity index is 2.61. The molecule has 0 aliphatic carbocycles. The van der Waals surface area contributed by atoms with Crippen LogP contribution in [0.2, 0.25) is 0 Å². The zero-order chi connectivity index (χ0) is 9.47. The van der Waals surface area contributed by atoms with Crippen LogP contribution in [0.3, 0.4) is 0 Å². The second-order valence-electron chi connectivity index (χ2n) is 2.79. The fourth-order valence-electron chi connectivity index (χ4n) is 1.19. The lowest BCUT2D eigenvalue weighted by molar-refractivity contribution is 0.501. The van der Waals surface area contributed by atoms with Gasteiger partial charge in [-0.25, -0.2) is 0 Å². The Morgan fingerprint density at radius 1 is 1.08 bits per heavy atom. The maximum absolute atomic E-state index is 12.3. The fraction of sp³-hybridized carbons (Fsp3) is 0. The normalized spacial score (nSPS) is 12.2. The van der Waals surface area contributed by atoms with Gasteiger partial charge in [0.2, 0.25) is 0 Å². The summed E-state index contributed by atoms with van der Waals surface area (Å²) in [5, 5.41) is 2.46. The molecule has 68 valence electrons. The second kappa shape index (κ2) is 2.77. The molecule has 1 aromatic heterocycles. The monoisotopic (exact) mass is 201 g/mol. The van der Waals surface area contributed by atoms with Crippen molar-refractivity contribution in [1.29, 1.82) is 0 Å². The van der Waals surface area contributed by atoms with Gasteiger partial charge in [0.25, 0.3) is 0 Å². The maximum Gasteiger partial charge on any atom is 0.509 e. The van der Waals surface area contributed by atoms with Crippen molar-refractivity contribution < 1.29 is 12.9 Å². The van der Waals surface area contributed by atoms with Crippen LogP contribution < -0.4 is 5.46 Å². The summed E-state index contributed by atoms with van der Waals surface area (Å²) in [4.78, 5) is 0. The predicted octanol–water partition coefficient (Wildman–Crippen LogP) is 2.96. The molecule has 2 rings (SSSR count). The number of benzene rings is 1. The number of rotatable bonds is 1. The number of thiophene rings is 1. The first-order chi connectivity index (χ1) is 6.07. The van der Waals surface area contributed by atoms with Gasteiger partial charge in [-0.05, 0) is 22.9 Å². The van der Waals surface area contributed by atoms with Crippen LogP contribution in [-0.4, -0.2) is 6.98 Å². The molecule has 0 nitrogen and oxygen atoms in total. The fourth-order valence-corrected chi connectivity index (χ4v) is 1.96. The molecule has 0 radical (unpaired) electrons. The van der Waals surface area contributed by atoms with Crippen LogP contribution in [0.25, 0.3) is 10.1 Å². The third-order valence-corrected chi connectivity index (χ3v) is 2.75. The van der Waals surface area contributed by atoms with Gasteiger partial charge in [-0.2, -0.15) is 0 Å². The van der Waals surface area contributed by atoms with E-state index in [9.17, 15) is 12.9 Å². The third kappa shape index (κ3) is 1.56. The van der Waals surface area contributed by atoms with Gasteiger partial charge in [-0.3, -0.25) is 0 Å². The Kier molecular flexibility index (Phi) is 1.84. The molecule has 5 heteroatoms. The van der Waals surface area contributed by atoms with E-state index in [2.05, 4.69) is 0 Å². The Labute approximate surface area is 77.1 Å². The molecule has 0 unspecified atom stereocenters.